The van der Waals surface area contributed by atoms with Crippen LogP contribution in [0.3, 0.4) is 0 Å². The van der Waals surface area contributed by atoms with Crippen LogP contribution >= 0.6 is 0 Å². The van der Waals surface area contributed by atoms with Gasteiger partial charge in [0.1, 0.15) is 10.6 Å². The molecule has 0 radical (unpaired) electrons. The van der Waals surface area contributed by atoms with Crippen molar-refractivity contribution in [2.45, 2.75) is 11.3 Å². The number of sulfonamides is 1. The molecule has 2 aromatic carbocycles. The van der Waals surface area contributed by atoms with Gasteiger partial charge in [0, 0.05) is 12.7 Å². The average Bonchev–Trinajstić information content (AvgIpc) is 2.74. The second kappa shape index (κ2) is 9.20. The molecule has 0 spiro atoms. The van der Waals surface area contributed by atoms with E-state index in [-0.39, 0.29) is 10.5 Å². The molecule has 3 rings (SSSR count). The van der Waals surface area contributed by atoms with Gasteiger partial charge < -0.3 is 10.1 Å². The summed E-state index contributed by atoms with van der Waals surface area (Å²) in [6.07, 6.45) is 3.53. The number of nitrogens with zero attached hydrogens (tertiary/aromatic N) is 1. The molecule has 0 bridgehead atoms. The number of anilines is 1. The number of amides is 1. The Bertz CT molecular complexity index is 1090. The topological polar surface area (TPSA) is 97.4 Å². The highest BCUT2D eigenvalue weighted by atomic mass is 32.2. The third-order valence-electron chi connectivity index (χ3n) is 4.17. The molecular weight excluding hydrogens is 390 g/mol. The number of pyridine rings is 1. The molecule has 0 fully saturated rings. The van der Waals surface area contributed by atoms with Crippen molar-refractivity contribution >= 4 is 21.6 Å². The van der Waals surface area contributed by atoms with Crippen LogP contribution in [0, 0.1) is 0 Å². The van der Waals surface area contributed by atoms with E-state index in [1.807, 2.05) is 24.3 Å². The minimum Gasteiger partial charge on any atom is -0.497 e. The number of hydrogen-bond acceptors (Lipinski definition) is 5. The maximum absolute atomic E-state index is 12.8. The first-order valence-corrected chi connectivity index (χ1v) is 10.4. The Morgan fingerprint density at radius 3 is 2.66 bits per heavy atom. The standard InChI is InChI=1S/C21H21N3O4S/c1-28-18-8-4-6-16(14-18)11-13-23-21(25)19-9-2-3-10-20(19)29(26,27)24-17-7-5-12-22-15-17/h2-10,12,14-15,24H,11,13H2,1H3,(H,23,25). The van der Waals surface area contributed by atoms with E-state index in [0.29, 0.717) is 18.7 Å². The summed E-state index contributed by atoms with van der Waals surface area (Å²) in [4.78, 5) is 16.4. The average molecular weight is 411 g/mol. The summed E-state index contributed by atoms with van der Waals surface area (Å²) in [5, 5.41) is 2.78. The lowest BCUT2D eigenvalue weighted by Crippen LogP contribution is -2.28. The number of ether oxygens (including phenoxy) is 1. The van der Waals surface area contributed by atoms with Gasteiger partial charge in [0.15, 0.2) is 0 Å². The van der Waals surface area contributed by atoms with Crippen LogP contribution in [0.1, 0.15) is 15.9 Å². The van der Waals surface area contributed by atoms with Gasteiger partial charge in [-0.3, -0.25) is 14.5 Å². The number of rotatable bonds is 8. The van der Waals surface area contributed by atoms with Crippen molar-refractivity contribution in [3.63, 3.8) is 0 Å². The molecule has 0 unspecified atom stereocenters. The first kappa shape index (κ1) is 20.3. The zero-order valence-corrected chi connectivity index (χ0v) is 16.6. The van der Waals surface area contributed by atoms with Gasteiger partial charge in [-0.05, 0) is 48.4 Å². The molecule has 0 aliphatic heterocycles. The van der Waals surface area contributed by atoms with Crippen molar-refractivity contribution in [3.05, 3.63) is 84.2 Å². The molecule has 29 heavy (non-hydrogen) atoms. The number of nitrogens with one attached hydrogen (secondary N) is 2. The maximum Gasteiger partial charge on any atom is 0.262 e. The Balaban J connectivity index is 1.71. The summed E-state index contributed by atoms with van der Waals surface area (Å²) in [5.41, 5.74) is 1.40. The second-order valence-electron chi connectivity index (χ2n) is 6.20. The molecular formula is C21H21N3O4S. The van der Waals surface area contributed by atoms with E-state index < -0.39 is 15.9 Å². The number of aromatic nitrogens is 1. The number of hydrogen-bond donors (Lipinski definition) is 2. The van der Waals surface area contributed by atoms with Crippen LogP contribution in [0.15, 0.2) is 78.0 Å². The van der Waals surface area contributed by atoms with Crippen LogP contribution < -0.4 is 14.8 Å². The van der Waals surface area contributed by atoms with Crippen molar-refractivity contribution in [2.24, 2.45) is 0 Å². The molecule has 0 saturated heterocycles. The summed E-state index contributed by atoms with van der Waals surface area (Å²) < 4.78 is 33.1. The summed E-state index contributed by atoms with van der Waals surface area (Å²) in [5.74, 6) is 0.284. The van der Waals surface area contributed by atoms with Gasteiger partial charge in [0.25, 0.3) is 15.9 Å². The van der Waals surface area contributed by atoms with E-state index in [2.05, 4.69) is 15.0 Å². The fourth-order valence-corrected chi connectivity index (χ4v) is 4.01. The lowest BCUT2D eigenvalue weighted by Gasteiger charge is -2.12. The predicted octanol–water partition coefficient (Wildman–Crippen LogP) is 2.86. The van der Waals surface area contributed by atoms with Crippen LogP contribution in [0.25, 0.3) is 0 Å². The van der Waals surface area contributed by atoms with E-state index in [1.54, 1.807) is 37.6 Å². The van der Waals surface area contributed by atoms with Gasteiger partial charge in [-0.25, -0.2) is 8.42 Å². The monoisotopic (exact) mass is 411 g/mol. The third-order valence-corrected chi connectivity index (χ3v) is 5.61. The molecule has 3 aromatic rings. The zero-order valence-electron chi connectivity index (χ0n) is 15.8. The van der Waals surface area contributed by atoms with Gasteiger partial charge in [-0.2, -0.15) is 0 Å². The molecule has 1 aromatic heterocycles. The van der Waals surface area contributed by atoms with Crippen molar-refractivity contribution in [1.82, 2.24) is 10.3 Å². The van der Waals surface area contributed by atoms with Crippen molar-refractivity contribution in [2.75, 3.05) is 18.4 Å². The molecule has 150 valence electrons. The van der Waals surface area contributed by atoms with Crippen molar-refractivity contribution in [3.8, 4) is 5.75 Å². The minimum atomic E-state index is -3.94. The number of methoxy groups -OCH3 is 1. The van der Waals surface area contributed by atoms with Gasteiger partial charge in [0.05, 0.1) is 24.6 Å². The van der Waals surface area contributed by atoms with E-state index in [1.165, 1.54) is 18.3 Å². The fourth-order valence-electron chi connectivity index (χ4n) is 2.77. The van der Waals surface area contributed by atoms with Crippen LogP contribution in [-0.4, -0.2) is 33.0 Å². The Kier molecular flexibility index (Phi) is 6.46. The SMILES string of the molecule is COc1cccc(CCNC(=O)c2ccccc2S(=O)(=O)Nc2cccnc2)c1. The largest absolute Gasteiger partial charge is 0.497 e. The third kappa shape index (κ3) is 5.32. The first-order chi connectivity index (χ1) is 14.0. The summed E-state index contributed by atoms with van der Waals surface area (Å²) >= 11 is 0. The summed E-state index contributed by atoms with van der Waals surface area (Å²) in [7, 11) is -2.35. The maximum atomic E-state index is 12.8. The number of carbonyl (C=O) groups is 1. The lowest BCUT2D eigenvalue weighted by atomic mass is 10.1. The van der Waals surface area contributed by atoms with Crippen LogP contribution in [0.2, 0.25) is 0 Å². The van der Waals surface area contributed by atoms with Crippen LogP contribution in [-0.2, 0) is 16.4 Å². The van der Waals surface area contributed by atoms with Gasteiger partial charge in [0.2, 0.25) is 0 Å². The molecule has 0 aliphatic carbocycles. The Morgan fingerprint density at radius 1 is 1.07 bits per heavy atom. The highest BCUT2D eigenvalue weighted by Gasteiger charge is 2.22. The van der Waals surface area contributed by atoms with E-state index in [0.717, 1.165) is 11.3 Å². The van der Waals surface area contributed by atoms with Gasteiger partial charge in [-0.15, -0.1) is 0 Å². The second-order valence-corrected chi connectivity index (χ2v) is 7.85. The molecule has 1 amide bonds. The molecule has 7 nitrogen and oxygen atoms in total. The fraction of sp³-hybridized carbons (Fsp3) is 0.143. The normalized spacial score (nSPS) is 10.9. The van der Waals surface area contributed by atoms with Crippen LogP contribution in [0.4, 0.5) is 5.69 Å². The first-order valence-electron chi connectivity index (χ1n) is 8.92. The van der Waals surface area contributed by atoms with Gasteiger partial charge >= 0.3 is 0 Å². The van der Waals surface area contributed by atoms with Crippen molar-refractivity contribution in [1.29, 1.82) is 0 Å². The highest BCUT2D eigenvalue weighted by molar-refractivity contribution is 7.92. The predicted molar refractivity (Wildman–Crippen MR) is 111 cm³/mol. The van der Waals surface area contributed by atoms with E-state index >= 15 is 0 Å². The lowest BCUT2D eigenvalue weighted by molar-refractivity contribution is 0.0951. The molecule has 1 heterocycles. The molecule has 0 atom stereocenters. The quantitative estimate of drug-likeness (QED) is 0.594. The highest BCUT2D eigenvalue weighted by Crippen LogP contribution is 2.19. The van der Waals surface area contributed by atoms with Gasteiger partial charge in [-0.1, -0.05) is 24.3 Å². The van der Waals surface area contributed by atoms with E-state index in [9.17, 15) is 13.2 Å². The molecule has 0 saturated carbocycles. The van der Waals surface area contributed by atoms with Crippen LogP contribution in [0.5, 0.6) is 5.75 Å². The summed E-state index contributed by atoms with van der Waals surface area (Å²) in [6.45, 7) is 0.358. The molecule has 2 N–H and O–H groups in total. The Labute approximate surface area is 169 Å². The number of benzene rings is 2. The smallest absolute Gasteiger partial charge is 0.262 e. The molecule has 0 aliphatic rings. The molecule has 8 heteroatoms. The number of carbonyl (C=O) groups excluding carboxylic acids is 1. The minimum absolute atomic E-state index is 0.0783. The summed E-state index contributed by atoms with van der Waals surface area (Å²) in [6, 6.07) is 16.8. The van der Waals surface area contributed by atoms with Crippen molar-refractivity contribution < 1.29 is 17.9 Å². The Morgan fingerprint density at radius 2 is 1.90 bits per heavy atom. The van der Waals surface area contributed by atoms with E-state index in [4.69, 9.17) is 4.74 Å². The Hall–Kier alpha value is -3.39. The zero-order chi connectivity index (χ0) is 20.7.